The molecule has 0 saturated carbocycles. The van der Waals surface area contributed by atoms with Crippen molar-refractivity contribution in [2.45, 2.75) is 37.9 Å². The first kappa shape index (κ1) is 16.4. The van der Waals surface area contributed by atoms with Crippen LogP contribution in [-0.4, -0.2) is 67.6 Å². The first-order valence-corrected chi connectivity index (χ1v) is 8.73. The molecule has 1 fully saturated rings. The average Bonchev–Trinajstić information content (AvgIpc) is 3.03. The molecule has 0 aromatic carbocycles. The minimum atomic E-state index is -3.52. The van der Waals surface area contributed by atoms with Crippen LogP contribution in [0, 0.1) is 6.92 Å². The molecule has 1 atom stereocenters. The lowest BCUT2D eigenvalue weighted by atomic mass is 10.2. The van der Waals surface area contributed by atoms with Crippen molar-refractivity contribution in [2.24, 2.45) is 0 Å². The van der Waals surface area contributed by atoms with Crippen molar-refractivity contribution in [2.75, 3.05) is 33.7 Å². The summed E-state index contributed by atoms with van der Waals surface area (Å²) in [5.41, 5.74) is 1.54. The molecule has 8 heteroatoms. The van der Waals surface area contributed by atoms with Crippen LogP contribution in [0.1, 0.15) is 24.6 Å². The van der Waals surface area contributed by atoms with Gasteiger partial charge in [0.05, 0.1) is 0 Å². The fourth-order valence-electron chi connectivity index (χ4n) is 2.57. The molecule has 1 aromatic rings. The lowest BCUT2D eigenvalue weighted by molar-refractivity contribution is 0.302. The minimum absolute atomic E-state index is 0.167. The highest BCUT2D eigenvalue weighted by atomic mass is 32.2. The summed E-state index contributed by atoms with van der Waals surface area (Å²) in [4.78, 5) is 2.07. The maximum Gasteiger partial charge on any atom is 0.262 e. The van der Waals surface area contributed by atoms with E-state index in [1.807, 2.05) is 27.9 Å². The zero-order chi connectivity index (χ0) is 15.6. The second-order valence-electron chi connectivity index (χ2n) is 5.68. The SMILES string of the molecule is CCNCc1c(S(=O)(=O)N2CCC(N(C)C)C2)n[nH]c1C. The van der Waals surface area contributed by atoms with Crippen molar-refractivity contribution in [3.63, 3.8) is 0 Å². The Morgan fingerprint density at radius 1 is 1.48 bits per heavy atom. The molecule has 120 valence electrons. The minimum Gasteiger partial charge on any atom is -0.313 e. The van der Waals surface area contributed by atoms with E-state index in [4.69, 9.17) is 0 Å². The second-order valence-corrected chi connectivity index (χ2v) is 7.54. The van der Waals surface area contributed by atoms with Gasteiger partial charge in [-0.25, -0.2) is 8.42 Å². The third-order valence-electron chi connectivity index (χ3n) is 4.03. The van der Waals surface area contributed by atoms with Crippen LogP contribution in [0.15, 0.2) is 5.03 Å². The number of hydrogen-bond acceptors (Lipinski definition) is 5. The summed E-state index contributed by atoms with van der Waals surface area (Å²) in [5.74, 6) is 0. The molecular formula is C13H25N5O2S. The van der Waals surface area contributed by atoms with Gasteiger partial charge in [0, 0.05) is 36.9 Å². The Labute approximate surface area is 126 Å². The van der Waals surface area contributed by atoms with Gasteiger partial charge in [-0.2, -0.15) is 9.40 Å². The maximum absolute atomic E-state index is 12.8. The summed E-state index contributed by atoms with van der Waals surface area (Å²) in [6, 6.07) is 0.275. The molecule has 0 bridgehead atoms. The number of nitrogens with one attached hydrogen (secondary N) is 2. The van der Waals surface area contributed by atoms with Crippen LogP contribution in [-0.2, 0) is 16.6 Å². The van der Waals surface area contributed by atoms with Gasteiger partial charge in [-0.05, 0) is 34.0 Å². The van der Waals surface area contributed by atoms with E-state index in [2.05, 4.69) is 20.4 Å². The third kappa shape index (κ3) is 3.28. The molecule has 1 aliphatic rings. The largest absolute Gasteiger partial charge is 0.313 e. The van der Waals surface area contributed by atoms with E-state index in [0.29, 0.717) is 19.6 Å². The Morgan fingerprint density at radius 2 is 2.19 bits per heavy atom. The van der Waals surface area contributed by atoms with Gasteiger partial charge in [0.15, 0.2) is 5.03 Å². The highest BCUT2D eigenvalue weighted by Crippen LogP contribution is 2.25. The van der Waals surface area contributed by atoms with E-state index < -0.39 is 10.0 Å². The Balaban J connectivity index is 2.24. The molecule has 21 heavy (non-hydrogen) atoms. The van der Waals surface area contributed by atoms with E-state index >= 15 is 0 Å². The first-order valence-electron chi connectivity index (χ1n) is 7.29. The summed E-state index contributed by atoms with van der Waals surface area (Å²) < 4.78 is 27.1. The highest BCUT2D eigenvalue weighted by Gasteiger charge is 2.36. The van der Waals surface area contributed by atoms with Gasteiger partial charge in [0.1, 0.15) is 0 Å². The van der Waals surface area contributed by atoms with Crippen LogP contribution in [0.25, 0.3) is 0 Å². The second kappa shape index (κ2) is 6.43. The number of aryl methyl sites for hydroxylation is 1. The molecule has 2 heterocycles. The molecule has 1 aliphatic heterocycles. The Bertz CT molecular complexity index is 581. The van der Waals surface area contributed by atoms with E-state index in [1.165, 1.54) is 0 Å². The van der Waals surface area contributed by atoms with Gasteiger partial charge >= 0.3 is 0 Å². The summed E-state index contributed by atoms with van der Waals surface area (Å²) in [6.45, 7) is 6.23. The van der Waals surface area contributed by atoms with Crippen molar-refractivity contribution >= 4 is 10.0 Å². The predicted octanol–water partition coefficient (Wildman–Crippen LogP) is 0.152. The van der Waals surface area contributed by atoms with Crippen molar-refractivity contribution in [3.05, 3.63) is 11.3 Å². The van der Waals surface area contributed by atoms with Crippen LogP contribution in [0.4, 0.5) is 0 Å². The fraction of sp³-hybridized carbons (Fsp3) is 0.769. The first-order chi connectivity index (χ1) is 9.87. The quantitative estimate of drug-likeness (QED) is 0.781. The molecule has 1 unspecified atom stereocenters. The van der Waals surface area contributed by atoms with Crippen molar-refractivity contribution < 1.29 is 8.42 Å². The van der Waals surface area contributed by atoms with Crippen molar-refractivity contribution in [1.82, 2.24) is 24.7 Å². The summed E-state index contributed by atoms with van der Waals surface area (Å²) in [6.07, 6.45) is 0.859. The predicted molar refractivity (Wildman–Crippen MR) is 81.6 cm³/mol. The standard InChI is InChI=1S/C13H25N5O2S/c1-5-14-8-12-10(2)15-16-13(12)21(19,20)18-7-6-11(9-18)17(3)4/h11,14H,5-9H2,1-4H3,(H,15,16). The Morgan fingerprint density at radius 3 is 2.76 bits per heavy atom. The van der Waals surface area contributed by atoms with E-state index in [1.54, 1.807) is 4.31 Å². The van der Waals surface area contributed by atoms with E-state index in [-0.39, 0.29) is 11.1 Å². The lowest BCUT2D eigenvalue weighted by Gasteiger charge is -2.20. The summed E-state index contributed by atoms with van der Waals surface area (Å²) in [7, 11) is 0.443. The number of likely N-dealkylation sites (N-methyl/N-ethyl adjacent to an activating group) is 1. The number of H-pyrrole nitrogens is 1. The molecule has 2 N–H and O–H groups in total. The molecule has 7 nitrogen and oxygen atoms in total. The van der Waals surface area contributed by atoms with Gasteiger partial charge in [-0.15, -0.1) is 0 Å². The zero-order valence-corrected chi connectivity index (χ0v) is 14.0. The Kier molecular flexibility index (Phi) is 5.03. The smallest absolute Gasteiger partial charge is 0.262 e. The number of sulfonamides is 1. The maximum atomic E-state index is 12.8. The molecule has 0 amide bonds. The van der Waals surface area contributed by atoms with Crippen LogP contribution < -0.4 is 5.32 Å². The molecule has 0 radical (unpaired) electrons. The van der Waals surface area contributed by atoms with Crippen LogP contribution in [0.2, 0.25) is 0 Å². The molecule has 2 rings (SSSR count). The fourth-order valence-corrected chi connectivity index (χ4v) is 4.23. The Hall–Kier alpha value is -0.960. The van der Waals surface area contributed by atoms with E-state index in [0.717, 1.165) is 24.2 Å². The van der Waals surface area contributed by atoms with Gasteiger partial charge in [-0.3, -0.25) is 5.10 Å². The monoisotopic (exact) mass is 315 g/mol. The molecule has 0 aliphatic carbocycles. The van der Waals surface area contributed by atoms with Crippen molar-refractivity contribution in [3.8, 4) is 0 Å². The van der Waals surface area contributed by atoms with Crippen molar-refractivity contribution in [1.29, 1.82) is 0 Å². The van der Waals surface area contributed by atoms with Gasteiger partial charge in [0.25, 0.3) is 10.0 Å². The third-order valence-corrected chi connectivity index (χ3v) is 5.87. The van der Waals surface area contributed by atoms with Crippen LogP contribution in [0.3, 0.4) is 0 Å². The molecular weight excluding hydrogens is 290 g/mol. The normalized spacial score (nSPS) is 20.5. The van der Waals surface area contributed by atoms with Crippen LogP contribution in [0.5, 0.6) is 0 Å². The number of hydrogen-bond donors (Lipinski definition) is 2. The van der Waals surface area contributed by atoms with Crippen LogP contribution >= 0.6 is 0 Å². The number of aromatic amines is 1. The van der Waals surface area contributed by atoms with Gasteiger partial charge < -0.3 is 10.2 Å². The van der Waals surface area contributed by atoms with Gasteiger partial charge in [-0.1, -0.05) is 6.92 Å². The lowest BCUT2D eigenvalue weighted by Crippen LogP contribution is -2.35. The molecule has 0 spiro atoms. The average molecular weight is 315 g/mol. The zero-order valence-electron chi connectivity index (χ0n) is 13.2. The molecule has 1 saturated heterocycles. The topological polar surface area (TPSA) is 81.3 Å². The highest BCUT2D eigenvalue weighted by molar-refractivity contribution is 7.89. The van der Waals surface area contributed by atoms with Gasteiger partial charge in [0.2, 0.25) is 0 Å². The number of rotatable bonds is 6. The summed E-state index contributed by atoms with van der Waals surface area (Å²) in [5, 5.41) is 10.2. The van der Waals surface area contributed by atoms with E-state index in [9.17, 15) is 8.42 Å². The summed E-state index contributed by atoms with van der Waals surface area (Å²) >= 11 is 0. The number of nitrogens with zero attached hydrogens (tertiary/aromatic N) is 3. The molecule has 1 aromatic heterocycles. The number of aromatic nitrogens is 2.